The van der Waals surface area contributed by atoms with E-state index in [1.807, 2.05) is 36.4 Å². The van der Waals surface area contributed by atoms with Crippen molar-refractivity contribution in [2.24, 2.45) is 0 Å². The van der Waals surface area contributed by atoms with E-state index < -0.39 is 6.04 Å². The molecule has 3 aromatic rings. The van der Waals surface area contributed by atoms with Crippen LogP contribution in [-0.2, 0) is 0 Å². The van der Waals surface area contributed by atoms with Crippen molar-refractivity contribution in [2.75, 3.05) is 32.8 Å². The van der Waals surface area contributed by atoms with Gasteiger partial charge in [0.2, 0.25) is 5.76 Å². The highest BCUT2D eigenvalue weighted by molar-refractivity contribution is 5.99. The Balaban J connectivity index is 1.75. The first-order valence-electron chi connectivity index (χ1n) is 11.9. The number of ether oxygens (including phenoxy) is 1. The molecule has 6 heteroatoms. The van der Waals surface area contributed by atoms with E-state index >= 15 is 0 Å². The quantitative estimate of drug-likeness (QED) is 0.415. The second-order valence-corrected chi connectivity index (χ2v) is 8.37. The summed E-state index contributed by atoms with van der Waals surface area (Å²) in [6.07, 6.45) is 2.07. The molecule has 0 spiro atoms. The van der Waals surface area contributed by atoms with Crippen molar-refractivity contribution in [3.8, 4) is 5.75 Å². The molecule has 1 aliphatic rings. The van der Waals surface area contributed by atoms with Gasteiger partial charge < -0.3 is 19.0 Å². The van der Waals surface area contributed by atoms with Crippen LogP contribution in [0.2, 0.25) is 0 Å². The number of hydrogen-bond donors (Lipinski definition) is 0. The third kappa shape index (κ3) is 4.53. The van der Waals surface area contributed by atoms with Gasteiger partial charge in [-0.25, -0.2) is 0 Å². The summed E-state index contributed by atoms with van der Waals surface area (Å²) in [5, 5.41) is 0.499. The van der Waals surface area contributed by atoms with Crippen LogP contribution in [0, 0.1) is 0 Å². The molecule has 0 saturated carbocycles. The van der Waals surface area contributed by atoms with Crippen LogP contribution in [0.4, 0.5) is 0 Å². The zero-order chi connectivity index (χ0) is 23.4. The van der Waals surface area contributed by atoms with Crippen molar-refractivity contribution in [1.29, 1.82) is 0 Å². The van der Waals surface area contributed by atoms with Crippen LogP contribution in [0.1, 0.15) is 61.3 Å². The monoisotopic (exact) mass is 448 g/mol. The van der Waals surface area contributed by atoms with Crippen LogP contribution in [0.15, 0.2) is 57.7 Å². The summed E-state index contributed by atoms with van der Waals surface area (Å²) >= 11 is 0. The number of para-hydroxylation sites is 1. The maximum absolute atomic E-state index is 13.5. The predicted octanol–water partition coefficient (Wildman–Crippen LogP) is 4.86. The lowest BCUT2D eigenvalue weighted by Crippen LogP contribution is -2.37. The highest BCUT2D eigenvalue weighted by Gasteiger charge is 2.42. The van der Waals surface area contributed by atoms with Gasteiger partial charge in [-0.05, 0) is 49.3 Å². The average molecular weight is 449 g/mol. The van der Waals surface area contributed by atoms with Gasteiger partial charge in [0.1, 0.15) is 11.3 Å². The number of carbonyl (C=O) groups is 1. The summed E-state index contributed by atoms with van der Waals surface area (Å²) in [5.74, 6) is 0.719. The predicted molar refractivity (Wildman–Crippen MR) is 130 cm³/mol. The molecule has 0 bridgehead atoms. The maximum Gasteiger partial charge on any atom is 0.290 e. The van der Waals surface area contributed by atoms with Gasteiger partial charge in [0.25, 0.3) is 5.91 Å². The fourth-order valence-electron chi connectivity index (χ4n) is 4.41. The summed E-state index contributed by atoms with van der Waals surface area (Å²) in [7, 11) is 0. The minimum atomic E-state index is -0.478. The Kier molecular flexibility index (Phi) is 7.14. The lowest BCUT2D eigenvalue weighted by atomic mass is 9.98. The largest absolute Gasteiger partial charge is 0.494 e. The number of unbranched alkanes of at least 4 members (excludes halogenated alkanes) is 1. The van der Waals surface area contributed by atoms with Gasteiger partial charge in [-0.1, -0.05) is 51.5 Å². The van der Waals surface area contributed by atoms with Gasteiger partial charge in [0, 0.05) is 13.1 Å². The lowest BCUT2D eigenvalue weighted by Gasteiger charge is -2.28. The first-order chi connectivity index (χ1) is 16.1. The van der Waals surface area contributed by atoms with Crippen molar-refractivity contribution < 1.29 is 13.9 Å². The highest BCUT2D eigenvalue weighted by atomic mass is 16.5. The number of nitrogens with zero attached hydrogens (tertiary/aromatic N) is 2. The Bertz CT molecular complexity index is 1160. The van der Waals surface area contributed by atoms with Crippen molar-refractivity contribution in [1.82, 2.24) is 9.80 Å². The molecule has 1 atom stereocenters. The Morgan fingerprint density at radius 1 is 1.00 bits per heavy atom. The number of carbonyl (C=O) groups excluding carboxylic acids is 1. The summed E-state index contributed by atoms with van der Waals surface area (Å²) in [6.45, 7) is 10.1. The summed E-state index contributed by atoms with van der Waals surface area (Å²) in [5.41, 5.74) is 1.61. The fraction of sp³-hybridized carbons (Fsp3) is 0.407. The molecule has 33 heavy (non-hydrogen) atoms. The number of benzene rings is 2. The molecule has 6 nitrogen and oxygen atoms in total. The third-order valence-electron chi connectivity index (χ3n) is 6.39. The van der Waals surface area contributed by atoms with E-state index in [2.05, 4.69) is 25.7 Å². The van der Waals surface area contributed by atoms with Gasteiger partial charge >= 0.3 is 0 Å². The van der Waals surface area contributed by atoms with Gasteiger partial charge in [-0.3, -0.25) is 9.59 Å². The molecule has 0 saturated heterocycles. The minimum absolute atomic E-state index is 0.140. The summed E-state index contributed by atoms with van der Waals surface area (Å²) in [4.78, 5) is 31.0. The first kappa shape index (κ1) is 23.1. The Morgan fingerprint density at radius 3 is 2.42 bits per heavy atom. The molecule has 1 amide bonds. The van der Waals surface area contributed by atoms with E-state index in [1.165, 1.54) is 0 Å². The molecule has 0 radical (unpaired) electrons. The van der Waals surface area contributed by atoms with E-state index in [0.29, 0.717) is 29.7 Å². The molecule has 2 aromatic carbocycles. The highest BCUT2D eigenvalue weighted by Crippen LogP contribution is 2.38. The molecule has 1 aromatic heterocycles. The molecule has 1 unspecified atom stereocenters. The van der Waals surface area contributed by atoms with E-state index in [9.17, 15) is 9.59 Å². The number of amides is 1. The number of fused-ring (bicyclic) bond motifs is 2. The third-order valence-corrected chi connectivity index (χ3v) is 6.39. The van der Waals surface area contributed by atoms with Crippen LogP contribution in [0.25, 0.3) is 11.0 Å². The summed E-state index contributed by atoms with van der Waals surface area (Å²) < 4.78 is 11.8. The first-order valence-corrected chi connectivity index (χ1v) is 11.9. The van der Waals surface area contributed by atoms with Crippen molar-refractivity contribution in [2.45, 2.75) is 39.7 Å². The van der Waals surface area contributed by atoms with Crippen LogP contribution in [0.3, 0.4) is 0 Å². The Labute approximate surface area is 194 Å². The average Bonchev–Trinajstić information content (AvgIpc) is 3.12. The van der Waals surface area contributed by atoms with Crippen LogP contribution < -0.4 is 10.2 Å². The topological polar surface area (TPSA) is 63.0 Å². The normalized spacial score (nSPS) is 15.5. The number of hydrogen-bond acceptors (Lipinski definition) is 5. The molecule has 0 N–H and O–H groups in total. The Morgan fingerprint density at radius 2 is 1.73 bits per heavy atom. The number of likely N-dealkylation sites (N-methyl/N-ethyl adjacent to an activating group) is 1. The molecular weight excluding hydrogens is 416 g/mol. The molecule has 174 valence electrons. The second kappa shape index (κ2) is 10.2. The fourth-order valence-corrected chi connectivity index (χ4v) is 4.41. The van der Waals surface area contributed by atoms with E-state index in [0.717, 1.165) is 43.8 Å². The summed E-state index contributed by atoms with van der Waals surface area (Å²) in [6, 6.07) is 14.4. The van der Waals surface area contributed by atoms with Crippen LogP contribution >= 0.6 is 0 Å². The lowest BCUT2D eigenvalue weighted by molar-refractivity contribution is 0.0708. The standard InChI is InChI=1S/C27H32N2O4/c1-4-7-18-32-20-14-12-19(13-15-20)24-23-25(30)21-10-8-9-11-22(21)33-26(23)27(31)29(24)17-16-28(5-2)6-3/h8-15,24H,4-7,16-18H2,1-3H3. The molecule has 4 rings (SSSR count). The minimum Gasteiger partial charge on any atom is -0.494 e. The van der Waals surface area contributed by atoms with Crippen molar-refractivity contribution in [3.05, 3.63) is 75.6 Å². The molecule has 1 aliphatic heterocycles. The zero-order valence-corrected chi connectivity index (χ0v) is 19.7. The van der Waals surface area contributed by atoms with Gasteiger partial charge in [-0.15, -0.1) is 0 Å². The maximum atomic E-state index is 13.5. The Hall–Kier alpha value is -3.12. The molecule has 2 heterocycles. The van der Waals surface area contributed by atoms with Gasteiger partial charge in [-0.2, -0.15) is 0 Å². The number of rotatable bonds is 10. The van der Waals surface area contributed by atoms with E-state index in [-0.39, 0.29) is 17.1 Å². The molecule has 0 aliphatic carbocycles. The van der Waals surface area contributed by atoms with Gasteiger partial charge in [0.15, 0.2) is 5.43 Å². The van der Waals surface area contributed by atoms with Crippen molar-refractivity contribution >= 4 is 16.9 Å². The van der Waals surface area contributed by atoms with E-state index in [4.69, 9.17) is 9.15 Å². The van der Waals surface area contributed by atoms with Gasteiger partial charge in [0.05, 0.1) is 23.6 Å². The SMILES string of the molecule is CCCCOc1ccc(C2c3c(oc4ccccc4c3=O)C(=O)N2CCN(CC)CC)cc1. The van der Waals surface area contributed by atoms with Crippen LogP contribution in [0.5, 0.6) is 5.75 Å². The van der Waals surface area contributed by atoms with Crippen molar-refractivity contribution in [3.63, 3.8) is 0 Å². The zero-order valence-electron chi connectivity index (χ0n) is 19.7. The van der Waals surface area contributed by atoms with E-state index in [1.54, 1.807) is 17.0 Å². The smallest absolute Gasteiger partial charge is 0.290 e. The van der Waals surface area contributed by atoms with Crippen LogP contribution in [-0.4, -0.2) is 48.5 Å². The second-order valence-electron chi connectivity index (χ2n) is 8.37. The molecular formula is C27H32N2O4. The molecule has 0 fully saturated rings.